The summed E-state index contributed by atoms with van der Waals surface area (Å²) in [5.41, 5.74) is -8.25. The molecule has 6 nitrogen and oxygen atoms in total. The van der Waals surface area contributed by atoms with Gasteiger partial charge in [-0.15, -0.1) is 0 Å². The van der Waals surface area contributed by atoms with Crippen LogP contribution in [0.2, 0.25) is 0 Å². The third-order valence-corrected chi connectivity index (χ3v) is 7.98. The number of hydrogen-bond acceptors (Lipinski definition) is 5. The van der Waals surface area contributed by atoms with E-state index in [2.05, 4.69) is 4.98 Å². The van der Waals surface area contributed by atoms with Crippen LogP contribution in [0.1, 0.15) is 67.4 Å². The van der Waals surface area contributed by atoms with Crippen LogP contribution in [0.5, 0.6) is 0 Å². The van der Waals surface area contributed by atoms with E-state index in [9.17, 15) is 29.9 Å². The third kappa shape index (κ3) is 8.70. The molecular formula is C36H38F4N4O2S. The van der Waals surface area contributed by atoms with Crippen molar-refractivity contribution < 1.29 is 41.5 Å². The van der Waals surface area contributed by atoms with Gasteiger partial charge in [0, 0.05) is 47.5 Å². The first-order chi connectivity index (χ1) is 28.0. The van der Waals surface area contributed by atoms with Gasteiger partial charge in [-0.2, -0.15) is 18.2 Å². The Morgan fingerprint density at radius 3 is 2.23 bits per heavy atom. The van der Waals surface area contributed by atoms with Crippen molar-refractivity contribution in [3.63, 3.8) is 0 Å². The molecule has 1 aromatic heterocycles. The fraction of sp³-hybridized carbons (Fsp3) is 0.361. The summed E-state index contributed by atoms with van der Waals surface area (Å²) in [5, 5.41) is -0.925. The van der Waals surface area contributed by atoms with Crippen LogP contribution in [0.3, 0.4) is 0 Å². The molecule has 0 saturated heterocycles. The number of alkyl halides is 3. The topological polar surface area (TPSA) is 58.4 Å². The molecule has 0 spiro atoms. The first-order valence-electron chi connectivity index (χ1n) is 21.4. The molecule has 0 fully saturated rings. The minimum absolute atomic E-state index is 0.0620. The number of aromatic nitrogens is 2. The molecule has 4 aromatic rings. The van der Waals surface area contributed by atoms with E-state index in [1.807, 2.05) is 4.90 Å². The number of benzene rings is 3. The Morgan fingerprint density at radius 2 is 1.62 bits per heavy atom. The molecule has 5 rings (SSSR count). The summed E-state index contributed by atoms with van der Waals surface area (Å²) in [6, 6.07) is 4.83. The number of hydrogen-bond donors (Lipinski definition) is 0. The van der Waals surface area contributed by atoms with Crippen molar-refractivity contribution >= 4 is 17.7 Å². The van der Waals surface area contributed by atoms with E-state index in [1.165, 1.54) is 36.4 Å². The monoisotopic (exact) mass is 680 g/mol. The van der Waals surface area contributed by atoms with Gasteiger partial charge in [0.25, 0.3) is 5.56 Å². The standard InChI is InChI=1S/C36H38F4N4O2S/c1-3-42(4-2)20-21-43(22-25-8-12-27(13-9-25)28-14-16-29(17-15-28)36(38,39)40)33(45)23-44-32-7-5-6-31(32)34(46)41-35(44)47-24-26-10-18-30(37)19-11-26/h8-19H,3-7,20-24H2,1-2H3/i5D2,6D2,7D2,10D,11D,18D,19D,22D2,24D2. The molecule has 0 bridgehead atoms. The fourth-order valence-electron chi connectivity index (χ4n) is 4.59. The van der Waals surface area contributed by atoms with E-state index in [1.54, 1.807) is 13.8 Å². The second kappa shape index (κ2) is 15.3. The minimum Gasteiger partial charge on any atom is -0.336 e. The third-order valence-electron chi connectivity index (χ3n) is 7.18. The molecule has 0 N–H and O–H groups in total. The average molecular weight is 681 g/mol. The molecule has 11 heteroatoms. The number of rotatable bonds is 13. The predicted octanol–water partition coefficient (Wildman–Crippen LogP) is 7.22. The lowest BCUT2D eigenvalue weighted by atomic mass is 10.0. The summed E-state index contributed by atoms with van der Waals surface area (Å²) >= 11 is -0.147. The van der Waals surface area contributed by atoms with E-state index in [0.717, 1.165) is 17.0 Å². The fourth-order valence-corrected chi connectivity index (χ4v) is 5.28. The van der Waals surface area contributed by atoms with Crippen molar-refractivity contribution in [3.05, 3.63) is 117 Å². The van der Waals surface area contributed by atoms with Crippen LogP contribution in [-0.2, 0) is 42.5 Å². The summed E-state index contributed by atoms with van der Waals surface area (Å²) in [6.45, 7) is 0.277. The Hall–Kier alpha value is -3.96. The molecule has 0 atom stereocenters. The van der Waals surface area contributed by atoms with Gasteiger partial charge in [-0.3, -0.25) is 9.59 Å². The molecule has 0 radical (unpaired) electrons. The van der Waals surface area contributed by atoms with Gasteiger partial charge in [0.2, 0.25) is 5.91 Å². The van der Waals surface area contributed by atoms with Crippen LogP contribution >= 0.6 is 11.8 Å². The van der Waals surface area contributed by atoms with Crippen LogP contribution in [0.15, 0.2) is 82.7 Å². The van der Waals surface area contributed by atoms with Crippen LogP contribution in [0.25, 0.3) is 11.1 Å². The van der Waals surface area contributed by atoms with Gasteiger partial charge < -0.3 is 14.4 Å². The quantitative estimate of drug-likeness (QED) is 0.0849. The van der Waals surface area contributed by atoms with E-state index in [-0.39, 0.29) is 30.4 Å². The molecule has 1 aliphatic carbocycles. The summed E-state index contributed by atoms with van der Waals surface area (Å²) in [4.78, 5) is 34.5. The summed E-state index contributed by atoms with van der Waals surface area (Å²) in [7, 11) is 0. The Balaban J connectivity index is 1.67. The summed E-state index contributed by atoms with van der Waals surface area (Å²) < 4.78 is 174. The zero-order chi connectivity index (χ0) is 46.0. The van der Waals surface area contributed by atoms with Crippen LogP contribution in [0, 0.1) is 5.82 Å². The van der Waals surface area contributed by atoms with E-state index >= 15 is 0 Å². The summed E-state index contributed by atoms with van der Waals surface area (Å²) in [5.74, 6) is -2.78. The number of likely N-dealkylation sites (N-methyl/N-ethyl adjacent to an activating group) is 1. The van der Waals surface area contributed by atoms with Gasteiger partial charge in [-0.25, -0.2) is 4.39 Å². The number of fused-ring (bicyclic) bond motifs is 1. The van der Waals surface area contributed by atoms with Crippen molar-refractivity contribution in [2.75, 3.05) is 26.2 Å². The van der Waals surface area contributed by atoms with Crippen LogP contribution in [-0.4, -0.2) is 51.4 Å². The Kier molecular flexibility index (Phi) is 6.64. The van der Waals surface area contributed by atoms with E-state index in [4.69, 9.17) is 16.4 Å². The van der Waals surface area contributed by atoms with Crippen molar-refractivity contribution in [2.45, 2.75) is 63.0 Å². The van der Waals surface area contributed by atoms with Crippen molar-refractivity contribution in [2.24, 2.45) is 0 Å². The lowest BCUT2D eigenvalue weighted by molar-refractivity contribution is -0.137. The first kappa shape index (κ1) is 20.4. The molecular weight excluding hydrogens is 628 g/mol. The average Bonchev–Trinajstić information content (AvgIpc) is 3.28. The van der Waals surface area contributed by atoms with Gasteiger partial charge in [0.1, 0.15) is 12.4 Å². The number of thioether (sulfide) groups is 1. The Bertz CT molecular complexity index is 2370. The van der Waals surface area contributed by atoms with Gasteiger partial charge in [0.15, 0.2) is 5.16 Å². The molecule has 0 aliphatic heterocycles. The molecule has 1 heterocycles. The highest BCUT2D eigenvalue weighted by Gasteiger charge is 2.30. The number of amides is 1. The van der Waals surface area contributed by atoms with Crippen molar-refractivity contribution in [1.82, 2.24) is 19.4 Å². The molecule has 1 amide bonds. The molecule has 47 heavy (non-hydrogen) atoms. The number of halogens is 4. The number of carbonyl (C=O) groups is 1. The molecule has 3 aromatic carbocycles. The lowest BCUT2D eigenvalue weighted by Crippen LogP contribution is -2.40. The zero-order valence-corrected chi connectivity index (χ0v) is 26.0. The molecule has 0 saturated carbocycles. The first-order valence-corrected chi connectivity index (χ1v) is 15.2. The highest BCUT2D eigenvalue weighted by Crippen LogP contribution is 2.31. The smallest absolute Gasteiger partial charge is 0.336 e. The maximum absolute atomic E-state index is 14.6. The second-order valence-corrected chi connectivity index (χ2v) is 10.9. The predicted molar refractivity (Wildman–Crippen MR) is 177 cm³/mol. The molecule has 0 unspecified atom stereocenters. The number of carbonyl (C=O) groups excluding carboxylic acids is 1. The Labute approximate surface area is 296 Å². The van der Waals surface area contributed by atoms with Gasteiger partial charge in [-0.05, 0) is 78.7 Å². The summed E-state index contributed by atoms with van der Waals surface area (Å²) in [6.07, 6.45) is -14.9. The maximum Gasteiger partial charge on any atom is 0.416 e. The SMILES string of the molecule is [2H]c1c([2H])c(C([2H])([2H])Sc2nc(=O)c3c(n2CC(=O)N(CCN(CC)CC)C([2H])([2H])c2ccc(-c4ccc(C(F)(F)F)cc4)cc2)C([2H])([2H])C([2H])([2H])C3([2H])[2H])c([2H])c([2H])c1F. The minimum atomic E-state index is -4.58. The van der Waals surface area contributed by atoms with Crippen LogP contribution in [0.4, 0.5) is 17.6 Å². The second-order valence-electron chi connectivity index (χ2n) is 10.1. The lowest BCUT2D eigenvalue weighted by Gasteiger charge is -2.28. The van der Waals surface area contributed by atoms with E-state index < -0.39 is 113 Å². The highest BCUT2D eigenvalue weighted by molar-refractivity contribution is 7.98. The zero-order valence-electron chi connectivity index (χ0n) is 39.2. The van der Waals surface area contributed by atoms with Gasteiger partial charge in [-0.1, -0.05) is 74.1 Å². The van der Waals surface area contributed by atoms with Crippen molar-refractivity contribution in [3.8, 4) is 11.1 Å². The molecule has 248 valence electrons. The number of nitrogens with zero attached hydrogens (tertiary/aromatic N) is 4. The molecule has 1 aliphatic rings. The van der Waals surface area contributed by atoms with Gasteiger partial charge in [0.05, 0.1) is 13.8 Å². The van der Waals surface area contributed by atoms with Gasteiger partial charge >= 0.3 is 6.18 Å². The normalized spacial score (nSPS) is 21.0. The van der Waals surface area contributed by atoms with Crippen LogP contribution < -0.4 is 5.56 Å². The maximum atomic E-state index is 14.6. The Morgan fingerprint density at radius 1 is 0.979 bits per heavy atom. The highest BCUT2D eigenvalue weighted by atomic mass is 32.2. The van der Waals surface area contributed by atoms with E-state index in [0.29, 0.717) is 28.8 Å². The van der Waals surface area contributed by atoms with Crippen molar-refractivity contribution in [1.29, 1.82) is 0 Å². The largest absolute Gasteiger partial charge is 0.416 e.